The fourth-order valence-corrected chi connectivity index (χ4v) is 3.76. The Morgan fingerprint density at radius 3 is 1.22 bits per heavy atom. The average Bonchev–Trinajstić information content (AvgIpc) is 2.91. The summed E-state index contributed by atoms with van der Waals surface area (Å²) in [6, 6.07) is 25.1. The van der Waals surface area contributed by atoms with Crippen molar-refractivity contribution in [3.63, 3.8) is 0 Å². The highest BCUT2D eigenvalue weighted by Gasteiger charge is 2.36. The number of aliphatic hydroxyl groups is 2. The minimum absolute atomic E-state index is 0.503. The molecule has 0 amide bonds. The lowest BCUT2D eigenvalue weighted by atomic mass is 9.82. The summed E-state index contributed by atoms with van der Waals surface area (Å²) in [6.45, 7) is 19.0. The van der Waals surface area contributed by atoms with Gasteiger partial charge < -0.3 is 24.4 Å². The molecule has 0 spiro atoms. The second-order valence-electron chi connectivity index (χ2n) is 13.0. The van der Waals surface area contributed by atoms with Crippen molar-refractivity contribution in [2.24, 2.45) is 0 Å². The first-order valence-corrected chi connectivity index (χ1v) is 14.5. The summed E-state index contributed by atoms with van der Waals surface area (Å²) >= 11 is 0. The van der Waals surface area contributed by atoms with Gasteiger partial charge in [-0.25, -0.2) is 0 Å². The SMILES string of the molecule is CCC(C)c1ccc(N(c2ccc([B]OC(C)(C)C(C)(C)O)cc2)c2ccc([B]OC(C)(C)C(C)(C)O)cc2)cc1. The topological polar surface area (TPSA) is 62.2 Å². The summed E-state index contributed by atoms with van der Waals surface area (Å²) in [6.07, 6.45) is 1.09. The van der Waals surface area contributed by atoms with E-state index in [1.54, 1.807) is 42.7 Å². The predicted molar refractivity (Wildman–Crippen MR) is 174 cm³/mol. The molecule has 0 bridgehead atoms. The van der Waals surface area contributed by atoms with Crippen molar-refractivity contribution in [3.8, 4) is 0 Å². The van der Waals surface area contributed by atoms with E-state index in [0.29, 0.717) is 5.92 Å². The molecule has 2 radical (unpaired) electrons. The van der Waals surface area contributed by atoms with Gasteiger partial charge in [0.2, 0.25) is 0 Å². The minimum atomic E-state index is -0.986. The third-order valence-electron chi connectivity index (χ3n) is 8.56. The van der Waals surface area contributed by atoms with Gasteiger partial charge in [0.1, 0.15) is 0 Å². The zero-order valence-corrected chi connectivity index (χ0v) is 26.5. The number of rotatable bonds is 13. The normalized spacial score (nSPS) is 13.6. The van der Waals surface area contributed by atoms with Gasteiger partial charge in [-0.05, 0) is 110 Å². The summed E-state index contributed by atoms with van der Waals surface area (Å²) in [5, 5.41) is 20.8. The molecule has 0 aliphatic heterocycles. The van der Waals surface area contributed by atoms with Crippen LogP contribution in [0.3, 0.4) is 0 Å². The molecule has 7 heteroatoms. The van der Waals surface area contributed by atoms with Crippen LogP contribution < -0.4 is 15.8 Å². The molecule has 5 nitrogen and oxygen atoms in total. The van der Waals surface area contributed by atoms with Crippen LogP contribution in [0, 0.1) is 0 Å². The van der Waals surface area contributed by atoms with Crippen LogP contribution in [0.15, 0.2) is 72.8 Å². The van der Waals surface area contributed by atoms with Crippen molar-refractivity contribution in [2.45, 2.75) is 104 Å². The lowest BCUT2D eigenvalue weighted by Crippen LogP contribution is -2.49. The zero-order valence-electron chi connectivity index (χ0n) is 26.5. The van der Waals surface area contributed by atoms with Gasteiger partial charge in [0.05, 0.1) is 22.4 Å². The molecule has 3 aromatic rings. The van der Waals surface area contributed by atoms with E-state index in [2.05, 4.69) is 67.3 Å². The van der Waals surface area contributed by atoms with Gasteiger partial charge in [-0.15, -0.1) is 0 Å². The maximum Gasteiger partial charge on any atom is 0.330 e. The number of nitrogens with zero attached hydrogens (tertiary/aromatic N) is 1. The second-order valence-corrected chi connectivity index (χ2v) is 13.0. The van der Waals surface area contributed by atoms with Crippen LogP contribution in [0.5, 0.6) is 0 Å². The highest BCUT2D eigenvalue weighted by molar-refractivity contribution is 6.47. The number of hydrogen-bond acceptors (Lipinski definition) is 5. The quantitative estimate of drug-likeness (QED) is 0.243. The van der Waals surface area contributed by atoms with Gasteiger partial charge in [0, 0.05) is 17.1 Å². The van der Waals surface area contributed by atoms with E-state index in [-0.39, 0.29) is 0 Å². The zero-order chi connectivity index (χ0) is 30.6. The first-order valence-electron chi connectivity index (χ1n) is 14.5. The standard InChI is InChI=1S/C34H47B2NO4/c1-11-24(2)25-12-18-28(19-13-25)37(29-20-14-26(15-21-29)35-40-33(7,8)31(3,4)38)30-22-16-27(17-23-30)36-41-34(9,10)32(5,6)39/h12-24,38-39H,11H2,1-10H3. The van der Waals surface area contributed by atoms with Gasteiger partial charge in [-0.3, -0.25) is 0 Å². The molecule has 0 aliphatic rings. The third-order valence-corrected chi connectivity index (χ3v) is 8.56. The summed E-state index contributed by atoms with van der Waals surface area (Å²) in [7, 11) is 3.40. The number of benzene rings is 3. The Labute approximate surface area is 249 Å². The third kappa shape index (κ3) is 8.26. The maximum absolute atomic E-state index is 10.4. The van der Waals surface area contributed by atoms with E-state index in [4.69, 9.17) is 9.31 Å². The Morgan fingerprint density at radius 2 is 0.927 bits per heavy atom. The van der Waals surface area contributed by atoms with Gasteiger partial charge in [-0.2, -0.15) is 0 Å². The van der Waals surface area contributed by atoms with E-state index >= 15 is 0 Å². The van der Waals surface area contributed by atoms with Crippen molar-refractivity contribution in [2.75, 3.05) is 4.90 Å². The monoisotopic (exact) mass is 555 g/mol. The van der Waals surface area contributed by atoms with Crippen LogP contribution in [-0.2, 0) is 9.31 Å². The number of hydrogen-bond donors (Lipinski definition) is 2. The molecule has 0 aromatic heterocycles. The fourth-order valence-electron chi connectivity index (χ4n) is 3.76. The summed E-state index contributed by atoms with van der Waals surface area (Å²) in [4.78, 5) is 2.22. The van der Waals surface area contributed by atoms with Crippen molar-refractivity contribution < 1.29 is 19.5 Å². The maximum atomic E-state index is 10.4. The summed E-state index contributed by atoms with van der Waals surface area (Å²) in [5.41, 5.74) is 2.78. The molecule has 218 valence electrons. The second kappa shape index (κ2) is 12.7. The Balaban J connectivity index is 1.89. The molecule has 3 aromatic carbocycles. The molecule has 3 rings (SSSR count). The Hall–Kier alpha value is -2.57. The van der Waals surface area contributed by atoms with Crippen LogP contribution in [-0.4, -0.2) is 47.6 Å². The molecule has 0 heterocycles. The highest BCUT2D eigenvalue weighted by atomic mass is 16.5. The van der Waals surface area contributed by atoms with Gasteiger partial charge in [0.25, 0.3) is 0 Å². The van der Waals surface area contributed by atoms with E-state index in [0.717, 1.165) is 34.4 Å². The molecule has 0 saturated carbocycles. The van der Waals surface area contributed by atoms with E-state index < -0.39 is 22.4 Å². The van der Waals surface area contributed by atoms with Gasteiger partial charge in [0.15, 0.2) is 0 Å². The predicted octanol–water partition coefficient (Wildman–Crippen LogP) is 6.29. The van der Waals surface area contributed by atoms with E-state index in [9.17, 15) is 10.2 Å². The van der Waals surface area contributed by atoms with E-state index in [1.165, 1.54) is 5.56 Å². The van der Waals surface area contributed by atoms with Crippen LogP contribution in [0.25, 0.3) is 0 Å². The Kier molecular flexibility index (Phi) is 10.2. The van der Waals surface area contributed by atoms with Gasteiger partial charge in [-0.1, -0.05) is 61.2 Å². The summed E-state index contributed by atoms with van der Waals surface area (Å²) in [5.74, 6) is 0.503. The minimum Gasteiger partial charge on any atom is -0.427 e. The molecule has 1 unspecified atom stereocenters. The fraction of sp³-hybridized carbons (Fsp3) is 0.471. The highest BCUT2D eigenvalue weighted by Crippen LogP contribution is 2.35. The first kappa shape index (κ1) is 32.9. The average molecular weight is 555 g/mol. The van der Waals surface area contributed by atoms with Crippen LogP contribution in [0.4, 0.5) is 17.1 Å². The smallest absolute Gasteiger partial charge is 0.330 e. The molecule has 41 heavy (non-hydrogen) atoms. The summed E-state index contributed by atoms with van der Waals surface area (Å²) < 4.78 is 11.9. The van der Waals surface area contributed by atoms with Crippen LogP contribution in [0.2, 0.25) is 0 Å². The lowest BCUT2D eigenvalue weighted by molar-refractivity contribution is -0.0893. The van der Waals surface area contributed by atoms with Crippen LogP contribution in [0.1, 0.15) is 87.1 Å². The Bertz CT molecular complexity index is 1170. The van der Waals surface area contributed by atoms with Crippen molar-refractivity contribution in [1.82, 2.24) is 0 Å². The van der Waals surface area contributed by atoms with Crippen molar-refractivity contribution >= 4 is 43.0 Å². The molecule has 0 fully saturated rings. The largest absolute Gasteiger partial charge is 0.427 e. The van der Waals surface area contributed by atoms with Crippen molar-refractivity contribution in [1.29, 1.82) is 0 Å². The molecular formula is C34H47B2NO4. The van der Waals surface area contributed by atoms with Crippen LogP contribution >= 0.6 is 0 Å². The van der Waals surface area contributed by atoms with E-state index in [1.807, 2.05) is 52.0 Å². The van der Waals surface area contributed by atoms with Crippen molar-refractivity contribution in [3.05, 3.63) is 78.4 Å². The molecule has 0 aliphatic carbocycles. The molecule has 0 saturated heterocycles. The van der Waals surface area contributed by atoms with Gasteiger partial charge >= 0.3 is 15.0 Å². The Morgan fingerprint density at radius 1 is 0.610 bits per heavy atom. The first-order chi connectivity index (χ1) is 18.9. The molecule has 1 atom stereocenters. The molecular weight excluding hydrogens is 508 g/mol. The molecule has 2 N–H and O–H groups in total. The number of anilines is 3. The lowest BCUT2D eigenvalue weighted by Gasteiger charge is -2.37.